The molecule has 1 saturated carbocycles. The molecule has 0 spiro atoms. The Hall–Kier alpha value is -3.22. The molecule has 226 valence electrons. The number of nitrogens with zero attached hydrogens (tertiary/aromatic N) is 3. The molecule has 0 bridgehead atoms. The molecule has 0 unspecified atom stereocenters. The van der Waals surface area contributed by atoms with Crippen molar-refractivity contribution < 1.29 is 14.0 Å². The van der Waals surface area contributed by atoms with Gasteiger partial charge in [0.25, 0.3) is 0 Å². The van der Waals surface area contributed by atoms with Crippen LogP contribution in [-0.2, 0) is 27.0 Å². The van der Waals surface area contributed by atoms with Gasteiger partial charge in [0.15, 0.2) is 0 Å². The van der Waals surface area contributed by atoms with Crippen molar-refractivity contribution in [3.63, 3.8) is 0 Å². The fourth-order valence-corrected chi connectivity index (χ4v) is 7.74. The lowest BCUT2D eigenvalue weighted by molar-refractivity contribution is -0.140. The predicted molar refractivity (Wildman–Crippen MR) is 168 cm³/mol. The zero-order chi connectivity index (χ0) is 30.0. The summed E-state index contributed by atoms with van der Waals surface area (Å²) in [6.07, 6.45) is 5.60. The molecular formula is C36H41ClFN3O2. The predicted octanol–water partition coefficient (Wildman–Crippen LogP) is 6.44. The van der Waals surface area contributed by atoms with Crippen LogP contribution in [0.15, 0.2) is 78.9 Å². The van der Waals surface area contributed by atoms with Gasteiger partial charge in [0, 0.05) is 38.2 Å². The topological polar surface area (TPSA) is 43.9 Å². The summed E-state index contributed by atoms with van der Waals surface area (Å²) < 4.78 is 13.9. The minimum atomic E-state index is -0.693. The van der Waals surface area contributed by atoms with Crippen molar-refractivity contribution in [3.8, 4) is 0 Å². The van der Waals surface area contributed by atoms with Gasteiger partial charge in [-0.05, 0) is 92.4 Å². The van der Waals surface area contributed by atoms with Crippen molar-refractivity contribution in [2.24, 2.45) is 5.92 Å². The quantitative estimate of drug-likeness (QED) is 0.298. The van der Waals surface area contributed by atoms with Crippen LogP contribution in [0.2, 0.25) is 5.02 Å². The van der Waals surface area contributed by atoms with Crippen molar-refractivity contribution in [1.82, 2.24) is 14.7 Å². The second kappa shape index (κ2) is 12.4. The molecule has 2 amide bonds. The van der Waals surface area contributed by atoms with E-state index in [-0.39, 0.29) is 23.5 Å². The van der Waals surface area contributed by atoms with E-state index in [1.807, 2.05) is 49.5 Å². The molecular weight excluding hydrogens is 561 g/mol. The van der Waals surface area contributed by atoms with Crippen LogP contribution in [0.3, 0.4) is 0 Å². The molecule has 1 aliphatic carbocycles. The number of carbonyl (C=O) groups excluding carboxylic acids is 2. The number of hydrogen-bond donors (Lipinski definition) is 0. The highest BCUT2D eigenvalue weighted by atomic mass is 35.5. The summed E-state index contributed by atoms with van der Waals surface area (Å²) in [5.74, 6) is 0.127. The molecule has 7 heteroatoms. The molecule has 2 heterocycles. The molecule has 0 radical (unpaired) electrons. The minimum Gasteiger partial charge on any atom is -0.342 e. The number of hydrogen-bond acceptors (Lipinski definition) is 3. The lowest BCUT2D eigenvalue weighted by Crippen LogP contribution is -2.54. The monoisotopic (exact) mass is 601 g/mol. The minimum absolute atomic E-state index is 0.0416. The highest BCUT2D eigenvalue weighted by Crippen LogP contribution is 2.56. The van der Waals surface area contributed by atoms with E-state index in [1.54, 1.807) is 17.0 Å². The molecule has 0 aromatic heterocycles. The second-order valence-electron chi connectivity index (χ2n) is 12.7. The van der Waals surface area contributed by atoms with E-state index in [1.165, 1.54) is 18.6 Å². The van der Waals surface area contributed by atoms with E-state index in [0.29, 0.717) is 11.6 Å². The first-order valence-corrected chi connectivity index (χ1v) is 16.0. The number of halogens is 2. The molecule has 2 atom stereocenters. The lowest BCUT2D eigenvalue weighted by atomic mass is 9.71. The molecule has 6 rings (SSSR count). The van der Waals surface area contributed by atoms with Crippen molar-refractivity contribution in [3.05, 3.63) is 106 Å². The lowest BCUT2D eigenvalue weighted by Gasteiger charge is -2.44. The van der Waals surface area contributed by atoms with E-state index in [9.17, 15) is 14.0 Å². The third-order valence-corrected chi connectivity index (χ3v) is 10.5. The molecule has 2 aliphatic heterocycles. The van der Waals surface area contributed by atoms with Crippen molar-refractivity contribution >= 4 is 23.4 Å². The Bertz CT molecular complexity index is 1430. The van der Waals surface area contributed by atoms with Crippen LogP contribution in [0.1, 0.15) is 55.2 Å². The average Bonchev–Trinajstić information content (AvgIpc) is 3.77. The Kier molecular flexibility index (Phi) is 8.61. The van der Waals surface area contributed by atoms with Crippen LogP contribution in [-0.4, -0.2) is 66.3 Å². The molecule has 3 aliphatic rings. The van der Waals surface area contributed by atoms with Gasteiger partial charge < -0.3 is 14.7 Å². The van der Waals surface area contributed by atoms with Gasteiger partial charge >= 0.3 is 0 Å². The van der Waals surface area contributed by atoms with Crippen LogP contribution in [0.25, 0.3) is 0 Å². The summed E-state index contributed by atoms with van der Waals surface area (Å²) in [6.45, 7) is 4.48. The third kappa shape index (κ3) is 5.84. The van der Waals surface area contributed by atoms with E-state index < -0.39 is 10.8 Å². The first kappa shape index (κ1) is 29.8. The first-order chi connectivity index (χ1) is 20.8. The molecule has 43 heavy (non-hydrogen) atoms. The number of piperidine rings is 2. The highest BCUT2D eigenvalue weighted by Gasteiger charge is 2.62. The van der Waals surface area contributed by atoms with Crippen molar-refractivity contribution in [2.75, 3.05) is 39.8 Å². The molecule has 2 saturated heterocycles. The number of rotatable bonds is 8. The van der Waals surface area contributed by atoms with Gasteiger partial charge in [-0.15, -0.1) is 0 Å². The fourth-order valence-electron chi connectivity index (χ4n) is 7.54. The molecule has 0 N–H and O–H groups in total. The van der Waals surface area contributed by atoms with Crippen LogP contribution in [0.5, 0.6) is 0 Å². The summed E-state index contributed by atoms with van der Waals surface area (Å²) >= 11 is 6.42. The van der Waals surface area contributed by atoms with Gasteiger partial charge in [0.2, 0.25) is 11.8 Å². The second-order valence-corrected chi connectivity index (χ2v) is 13.1. The smallest absolute Gasteiger partial charge is 0.233 e. The Morgan fingerprint density at radius 2 is 1.51 bits per heavy atom. The molecule has 3 fully saturated rings. The maximum atomic E-state index is 14.2. The summed E-state index contributed by atoms with van der Waals surface area (Å²) in [7, 11) is 1.83. The van der Waals surface area contributed by atoms with E-state index in [4.69, 9.17) is 11.6 Å². The Morgan fingerprint density at radius 3 is 2.19 bits per heavy atom. The maximum Gasteiger partial charge on any atom is 0.233 e. The number of likely N-dealkylation sites (tertiary alicyclic amines) is 2. The van der Waals surface area contributed by atoms with Gasteiger partial charge in [0.05, 0.1) is 10.8 Å². The van der Waals surface area contributed by atoms with Crippen LogP contribution in [0, 0.1) is 11.7 Å². The van der Waals surface area contributed by atoms with Crippen LogP contribution < -0.4 is 0 Å². The standard InChI is InChI=1S/C36H41ClFN3O2/c1-39(25-27-10-6-7-13-32(27)37)34(43)36(29-14-16-31(38)17-15-29)24-30(36)26-40-22-18-35(19-23-40,28-11-4-2-5-12-28)33(42)41-20-8-3-9-21-41/h2,4-7,10-17,30H,3,8-9,18-26H2,1H3/t30-,36+/m0/s1. The van der Waals surface area contributed by atoms with E-state index >= 15 is 0 Å². The van der Waals surface area contributed by atoms with Crippen molar-refractivity contribution in [1.29, 1.82) is 0 Å². The van der Waals surface area contributed by atoms with E-state index in [0.717, 1.165) is 81.5 Å². The summed E-state index contributed by atoms with van der Waals surface area (Å²) in [6, 6.07) is 24.4. The number of benzene rings is 3. The molecule has 3 aromatic rings. The SMILES string of the molecule is CN(Cc1ccccc1Cl)C(=O)[C@@]1(c2ccc(F)cc2)C[C@H]1CN1CCC(C(=O)N2CCCCC2)(c2ccccc2)CC1. The van der Waals surface area contributed by atoms with Gasteiger partial charge in [-0.2, -0.15) is 0 Å². The molecule has 3 aromatic carbocycles. The number of amides is 2. The van der Waals surface area contributed by atoms with Crippen molar-refractivity contribution in [2.45, 2.75) is 55.9 Å². The summed E-state index contributed by atoms with van der Waals surface area (Å²) in [5.41, 5.74) is 1.69. The maximum absolute atomic E-state index is 14.2. The molecule has 5 nitrogen and oxygen atoms in total. The van der Waals surface area contributed by atoms with Gasteiger partial charge in [0.1, 0.15) is 5.82 Å². The summed E-state index contributed by atoms with van der Waals surface area (Å²) in [4.78, 5) is 34.5. The fraction of sp³-hybridized carbons (Fsp3) is 0.444. The van der Waals surface area contributed by atoms with Crippen LogP contribution >= 0.6 is 11.6 Å². The van der Waals surface area contributed by atoms with Gasteiger partial charge in [-0.25, -0.2) is 4.39 Å². The Labute approximate surface area is 259 Å². The van der Waals surface area contributed by atoms with Gasteiger partial charge in [-0.3, -0.25) is 9.59 Å². The largest absolute Gasteiger partial charge is 0.342 e. The zero-order valence-corrected chi connectivity index (χ0v) is 25.7. The number of carbonyl (C=O) groups is 2. The van der Waals surface area contributed by atoms with Crippen LogP contribution in [0.4, 0.5) is 4.39 Å². The zero-order valence-electron chi connectivity index (χ0n) is 25.0. The van der Waals surface area contributed by atoms with E-state index in [2.05, 4.69) is 21.9 Å². The Balaban J connectivity index is 1.19. The summed E-state index contributed by atoms with van der Waals surface area (Å²) in [5, 5.41) is 0.639. The normalized spacial score (nSPS) is 23.5. The number of likely N-dealkylation sites (N-methyl/N-ethyl adjacent to an activating group) is 1. The Morgan fingerprint density at radius 1 is 0.860 bits per heavy atom. The third-order valence-electron chi connectivity index (χ3n) is 10.1. The first-order valence-electron chi connectivity index (χ1n) is 15.7. The average molecular weight is 602 g/mol. The highest BCUT2D eigenvalue weighted by molar-refractivity contribution is 6.31. The van der Waals surface area contributed by atoms with Gasteiger partial charge in [-0.1, -0.05) is 72.3 Å².